The summed E-state index contributed by atoms with van der Waals surface area (Å²) < 4.78 is 0. The van der Waals surface area contributed by atoms with Crippen molar-refractivity contribution in [2.45, 2.75) is 64.7 Å². The van der Waals surface area contributed by atoms with Crippen molar-refractivity contribution in [2.75, 3.05) is 19.6 Å². The lowest BCUT2D eigenvalue weighted by molar-refractivity contribution is 0.194. The van der Waals surface area contributed by atoms with Crippen molar-refractivity contribution in [3.63, 3.8) is 0 Å². The van der Waals surface area contributed by atoms with E-state index in [1.165, 1.54) is 70.1 Å². The van der Waals surface area contributed by atoms with Crippen molar-refractivity contribution in [1.29, 1.82) is 0 Å². The van der Waals surface area contributed by atoms with Gasteiger partial charge < -0.3 is 10.0 Å². The highest BCUT2D eigenvalue weighted by Crippen LogP contribution is 2.35. The average molecular weight is 301 g/mol. The van der Waals surface area contributed by atoms with Gasteiger partial charge in [-0.1, -0.05) is 37.8 Å². The van der Waals surface area contributed by atoms with E-state index in [4.69, 9.17) is 0 Å². The van der Waals surface area contributed by atoms with Crippen LogP contribution >= 0.6 is 0 Å². The normalized spacial score (nSPS) is 24.0. The second-order valence-corrected chi connectivity index (χ2v) is 7.52. The molecule has 2 heteroatoms. The number of rotatable bonds is 4. The molecule has 1 heterocycles. The number of nitrogens with zero attached hydrogens (tertiary/aromatic N) is 1. The number of phenolic OH excluding ortho intramolecular Hbond substituents is 1. The van der Waals surface area contributed by atoms with Crippen molar-refractivity contribution < 1.29 is 5.11 Å². The molecule has 2 aliphatic rings. The van der Waals surface area contributed by atoms with E-state index in [-0.39, 0.29) is 0 Å². The quantitative estimate of drug-likeness (QED) is 0.866. The van der Waals surface area contributed by atoms with Crippen molar-refractivity contribution in [1.82, 2.24) is 4.90 Å². The molecule has 1 unspecified atom stereocenters. The first kappa shape index (κ1) is 15.9. The molecule has 1 saturated carbocycles. The van der Waals surface area contributed by atoms with Crippen LogP contribution in [0, 0.1) is 19.8 Å². The summed E-state index contributed by atoms with van der Waals surface area (Å²) in [5, 5.41) is 10.2. The molecule has 0 radical (unpaired) electrons. The van der Waals surface area contributed by atoms with Gasteiger partial charge in [0.25, 0.3) is 0 Å². The molecule has 1 aromatic rings. The Bertz CT molecular complexity index is 505. The van der Waals surface area contributed by atoms with Crippen LogP contribution in [0.5, 0.6) is 5.75 Å². The van der Waals surface area contributed by atoms with Crippen molar-refractivity contribution in [2.24, 2.45) is 5.92 Å². The molecule has 1 aliphatic carbocycles. The maximum Gasteiger partial charge on any atom is 0.121 e. The van der Waals surface area contributed by atoms with Crippen LogP contribution in [0.3, 0.4) is 0 Å². The van der Waals surface area contributed by atoms with Crippen LogP contribution in [0.4, 0.5) is 0 Å². The SMILES string of the molecule is Cc1ccc(C2CCCN(CCC3CCCC3)C2)c(C)c1O. The molecular formula is C20H31NO. The smallest absolute Gasteiger partial charge is 0.121 e. The zero-order valence-electron chi connectivity index (χ0n) is 14.3. The van der Waals surface area contributed by atoms with Gasteiger partial charge in [0.1, 0.15) is 5.75 Å². The highest BCUT2D eigenvalue weighted by molar-refractivity contribution is 5.45. The van der Waals surface area contributed by atoms with E-state index >= 15 is 0 Å². The first-order valence-electron chi connectivity index (χ1n) is 9.16. The van der Waals surface area contributed by atoms with E-state index in [0.29, 0.717) is 11.7 Å². The molecule has 1 N–H and O–H groups in total. The van der Waals surface area contributed by atoms with E-state index in [0.717, 1.165) is 17.0 Å². The third-order valence-corrected chi connectivity index (χ3v) is 5.95. The summed E-state index contributed by atoms with van der Waals surface area (Å²) >= 11 is 0. The van der Waals surface area contributed by atoms with Gasteiger partial charge in [-0.15, -0.1) is 0 Å². The molecular weight excluding hydrogens is 270 g/mol. The Morgan fingerprint density at radius 3 is 2.64 bits per heavy atom. The predicted octanol–water partition coefficient (Wildman–Crippen LogP) is 4.77. The number of phenols is 1. The fourth-order valence-corrected chi connectivity index (χ4v) is 4.47. The highest BCUT2D eigenvalue weighted by Gasteiger charge is 2.24. The zero-order valence-corrected chi connectivity index (χ0v) is 14.3. The van der Waals surface area contributed by atoms with E-state index in [9.17, 15) is 5.11 Å². The molecule has 1 atom stereocenters. The Hall–Kier alpha value is -1.02. The molecule has 2 nitrogen and oxygen atoms in total. The Kier molecular flexibility index (Phi) is 5.07. The summed E-state index contributed by atoms with van der Waals surface area (Å²) in [6.07, 6.45) is 9.78. The second-order valence-electron chi connectivity index (χ2n) is 7.52. The summed E-state index contributed by atoms with van der Waals surface area (Å²) in [6.45, 7) is 7.78. The maximum atomic E-state index is 10.2. The third-order valence-electron chi connectivity index (χ3n) is 5.95. The summed E-state index contributed by atoms with van der Waals surface area (Å²) in [5.41, 5.74) is 3.46. The maximum absolute atomic E-state index is 10.2. The molecule has 1 aromatic carbocycles. The van der Waals surface area contributed by atoms with E-state index in [1.807, 2.05) is 6.92 Å². The van der Waals surface area contributed by atoms with E-state index in [1.54, 1.807) is 0 Å². The van der Waals surface area contributed by atoms with Gasteiger partial charge in [0, 0.05) is 6.54 Å². The molecule has 0 bridgehead atoms. The van der Waals surface area contributed by atoms with Crippen LogP contribution in [0.2, 0.25) is 0 Å². The monoisotopic (exact) mass is 301 g/mol. The highest BCUT2D eigenvalue weighted by atomic mass is 16.3. The lowest BCUT2D eigenvalue weighted by atomic mass is 9.86. The van der Waals surface area contributed by atoms with Gasteiger partial charge in [-0.05, 0) is 74.7 Å². The number of hydrogen-bond donors (Lipinski definition) is 1. The topological polar surface area (TPSA) is 23.5 Å². The summed E-state index contributed by atoms with van der Waals surface area (Å²) in [5.74, 6) is 2.09. The first-order chi connectivity index (χ1) is 10.6. The van der Waals surface area contributed by atoms with Crippen molar-refractivity contribution in [3.8, 4) is 5.75 Å². The third kappa shape index (κ3) is 3.48. The molecule has 2 fully saturated rings. The Balaban J connectivity index is 1.61. The van der Waals surface area contributed by atoms with Gasteiger partial charge in [-0.25, -0.2) is 0 Å². The van der Waals surface area contributed by atoms with E-state index in [2.05, 4.69) is 24.0 Å². The van der Waals surface area contributed by atoms with Gasteiger partial charge in [0.2, 0.25) is 0 Å². The second kappa shape index (κ2) is 7.04. The molecule has 3 rings (SSSR count). The average Bonchev–Trinajstić information content (AvgIpc) is 3.04. The summed E-state index contributed by atoms with van der Waals surface area (Å²) in [6, 6.07) is 4.32. The van der Waals surface area contributed by atoms with Gasteiger partial charge in [-0.3, -0.25) is 0 Å². The van der Waals surface area contributed by atoms with Crippen LogP contribution in [0.25, 0.3) is 0 Å². The number of aromatic hydroxyl groups is 1. The molecule has 1 saturated heterocycles. The molecule has 0 spiro atoms. The fourth-order valence-electron chi connectivity index (χ4n) is 4.47. The molecule has 122 valence electrons. The van der Waals surface area contributed by atoms with Crippen LogP contribution in [-0.2, 0) is 0 Å². The van der Waals surface area contributed by atoms with Crippen LogP contribution < -0.4 is 0 Å². The summed E-state index contributed by atoms with van der Waals surface area (Å²) in [4.78, 5) is 2.67. The standard InChI is InChI=1S/C20H31NO/c1-15-9-10-19(16(2)20(15)22)18-8-5-12-21(14-18)13-11-17-6-3-4-7-17/h9-10,17-18,22H,3-8,11-14H2,1-2H3. The first-order valence-corrected chi connectivity index (χ1v) is 9.16. The lowest BCUT2D eigenvalue weighted by Crippen LogP contribution is -2.35. The molecule has 0 aromatic heterocycles. The van der Waals surface area contributed by atoms with Crippen molar-refractivity contribution in [3.05, 3.63) is 28.8 Å². The Morgan fingerprint density at radius 1 is 1.09 bits per heavy atom. The minimum atomic E-state index is 0.501. The van der Waals surface area contributed by atoms with Crippen LogP contribution in [0.1, 0.15) is 67.6 Å². The molecule has 0 amide bonds. The largest absolute Gasteiger partial charge is 0.507 e. The minimum absolute atomic E-state index is 0.501. The Morgan fingerprint density at radius 2 is 1.86 bits per heavy atom. The zero-order chi connectivity index (χ0) is 15.5. The lowest BCUT2D eigenvalue weighted by Gasteiger charge is -2.34. The van der Waals surface area contributed by atoms with E-state index < -0.39 is 0 Å². The molecule has 1 aliphatic heterocycles. The number of hydrogen-bond acceptors (Lipinski definition) is 2. The minimum Gasteiger partial charge on any atom is -0.507 e. The molecule has 22 heavy (non-hydrogen) atoms. The van der Waals surface area contributed by atoms with Crippen LogP contribution in [0.15, 0.2) is 12.1 Å². The Labute approximate surface area is 135 Å². The predicted molar refractivity (Wildman–Crippen MR) is 92.6 cm³/mol. The summed E-state index contributed by atoms with van der Waals surface area (Å²) in [7, 11) is 0. The van der Waals surface area contributed by atoms with Crippen molar-refractivity contribution >= 4 is 0 Å². The van der Waals surface area contributed by atoms with Gasteiger partial charge >= 0.3 is 0 Å². The number of aryl methyl sites for hydroxylation is 1. The van der Waals surface area contributed by atoms with Gasteiger partial charge in [-0.2, -0.15) is 0 Å². The number of benzene rings is 1. The van der Waals surface area contributed by atoms with Crippen LogP contribution in [-0.4, -0.2) is 29.6 Å². The fraction of sp³-hybridized carbons (Fsp3) is 0.700. The number of piperidine rings is 1. The van der Waals surface area contributed by atoms with Gasteiger partial charge in [0.15, 0.2) is 0 Å². The number of likely N-dealkylation sites (tertiary alicyclic amines) is 1. The van der Waals surface area contributed by atoms with Gasteiger partial charge in [0.05, 0.1) is 0 Å².